The molecule has 0 bridgehead atoms. The van der Waals surface area contributed by atoms with E-state index in [0.717, 1.165) is 25.9 Å². The summed E-state index contributed by atoms with van der Waals surface area (Å²) in [5, 5.41) is 4.42. The van der Waals surface area contributed by atoms with Gasteiger partial charge in [-0.3, -0.25) is 0 Å². The fourth-order valence-corrected chi connectivity index (χ4v) is 5.13. The monoisotopic (exact) mass is 375 g/mol. The van der Waals surface area contributed by atoms with E-state index in [0.29, 0.717) is 16.1 Å². The van der Waals surface area contributed by atoms with Gasteiger partial charge in [-0.05, 0) is 49.7 Å². The Balaban J connectivity index is 1.90. The van der Waals surface area contributed by atoms with Gasteiger partial charge in [-0.1, -0.05) is 17.7 Å². The molecule has 1 fully saturated rings. The summed E-state index contributed by atoms with van der Waals surface area (Å²) in [5.74, 6) is 0. The van der Waals surface area contributed by atoms with E-state index in [2.05, 4.69) is 10.3 Å². The molecule has 5 nitrogen and oxygen atoms in total. The van der Waals surface area contributed by atoms with E-state index in [1.807, 2.05) is 10.6 Å². The molecular weight excluding hydrogens is 358 g/mol. The van der Waals surface area contributed by atoms with Crippen molar-refractivity contribution < 1.29 is 8.42 Å². The smallest absolute Gasteiger partial charge is 0.208 e. The van der Waals surface area contributed by atoms with E-state index in [-0.39, 0.29) is 15.8 Å². The van der Waals surface area contributed by atoms with Crippen molar-refractivity contribution in [2.45, 2.75) is 28.7 Å². The highest BCUT2D eigenvalue weighted by molar-refractivity contribution is 7.91. The lowest BCUT2D eigenvalue weighted by molar-refractivity contribution is 0.377. The summed E-state index contributed by atoms with van der Waals surface area (Å²) in [6.07, 6.45) is 5.49. The van der Waals surface area contributed by atoms with Crippen LogP contribution in [0, 0.1) is 0 Å². The van der Waals surface area contributed by atoms with Crippen LogP contribution in [-0.2, 0) is 9.84 Å². The Kier molecular flexibility index (Phi) is 4.27. The summed E-state index contributed by atoms with van der Waals surface area (Å²) in [6, 6.07) is 10.2. The molecule has 3 aromatic rings. The minimum atomic E-state index is -3.67. The Morgan fingerprint density at radius 1 is 1.24 bits per heavy atom. The Morgan fingerprint density at radius 3 is 2.88 bits per heavy atom. The first kappa shape index (κ1) is 16.6. The van der Waals surface area contributed by atoms with Gasteiger partial charge in [0.05, 0.1) is 9.79 Å². The molecule has 0 spiro atoms. The number of nitrogens with zero attached hydrogens (tertiary/aromatic N) is 2. The fourth-order valence-electron chi connectivity index (χ4n) is 3.38. The van der Waals surface area contributed by atoms with Crippen LogP contribution in [0.2, 0.25) is 5.02 Å². The van der Waals surface area contributed by atoms with Crippen LogP contribution in [-0.4, -0.2) is 31.1 Å². The molecular formula is C18H18ClN3O2S. The molecule has 25 heavy (non-hydrogen) atoms. The average molecular weight is 376 g/mol. The maximum atomic E-state index is 13.2. The van der Waals surface area contributed by atoms with Crippen LogP contribution < -0.4 is 5.32 Å². The van der Waals surface area contributed by atoms with Crippen molar-refractivity contribution in [1.29, 1.82) is 0 Å². The zero-order valence-electron chi connectivity index (χ0n) is 13.5. The molecule has 1 aromatic carbocycles. The number of hydrogen-bond donors (Lipinski definition) is 1. The van der Waals surface area contributed by atoms with E-state index < -0.39 is 9.84 Å². The molecule has 1 N–H and O–H groups in total. The first-order valence-electron chi connectivity index (χ1n) is 8.24. The van der Waals surface area contributed by atoms with Crippen LogP contribution >= 0.6 is 11.6 Å². The van der Waals surface area contributed by atoms with E-state index in [1.54, 1.807) is 36.7 Å². The van der Waals surface area contributed by atoms with E-state index in [9.17, 15) is 8.42 Å². The lowest BCUT2D eigenvalue weighted by Crippen LogP contribution is -2.31. The van der Waals surface area contributed by atoms with Gasteiger partial charge in [0.1, 0.15) is 5.65 Å². The number of pyridine rings is 1. The molecule has 2 aromatic heterocycles. The van der Waals surface area contributed by atoms with Gasteiger partial charge in [-0.2, -0.15) is 0 Å². The SMILES string of the molecule is O=S(=O)(c1cccc(Cl)c1)c1cn(C2CCCNC2)c2ncccc12. The van der Waals surface area contributed by atoms with Crippen molar-refractivity contribution in [3.8, 4) is 0 Å². The second-order valence-electron chi connectivity index (χ2n) is 6.24. The molecule has 0 amide bonds. The molecule has 0 aliphatic carbocycles. The highest BCUT2D eigenvalue weighted by Crippen LogP contribution is 2.33. The van der Waals surface area contributed by atoms with Gasteiger partial charge in [0.15, 0.2) is 0 Å². The molecule has 1 aliphatic heterocycles. The summed E-state index contributed by atoms with van der Waals surface area (Å²) in [5.41, 5.74) is 0.705. The number of halogens is 1. The highest BCUT2D eigenvalue weighted by Gasteiger charge is 2.26. The summed E-state index contributed by atoms with van der Waals surface area (Å²) < 4.78 is 28.4. The third-order valence-corrected chi connectivity index (χ3v) is 6.63. The number of hydrogen-bond acceptors (Lipinski definition) is 4. The number of aromatic nitrogens is 2. The minimum absolute atomic E-state index is 0.199. The maximum absolute atomic E-state index is 13.2. The van der Waals surface area contributed by atoms with Crippen molar-refractivity contribution in [2.24, 2.45) is 0 Å². The standard InChI is InChI=1S/C18H18ClN3O2S/c19-13-4-1-6-15(10-13)25(23,24)17-12-22(14-5-2-8-20-11-14)18-16(17)7-3-9-21-18/h1,3-4,6-7,9-10,12,14,20H,2,5,8,11H2. The van der Waals surface area contributed by atoms with Gasteiger partial charge < -0.3 is 9.88 Å². The topological polar surface area (TPSA) is 64.0 Å². The predicted molar refractivity (Wildman–Crippen MR) is 97.8 cm³/mol. The largest absolute Gasteiger partial charge is 0.327 e. The number of fused-ring (bicyclic) bond motifs is 1. The summed E-state index contributed by atoms with van der Waals surface area (Å²) >= 11 is 5.99. The van der Waals surface area contributed by atoms with Crippen molar-refractivity contribution >= 4 is 32.5 Å². The molecule has 4 rings (SSSR count). The van der Waals surface area contributed by atoms with Crippen molar-refractivity contribution in [2.75, 3.05) is 13.1 Å². The maximum Gasteiger partial charge on any atom is 0.208 e. The van der Waals surface area contributed by atoms with Crippen LogP contribution in [0.5, 0.6) is 0 Å². The van der Waals surface area contributed by atoms with Gasteiger partial charge in [-0.25, -0.2) is 13.4 Å². The summed E-state index contributed by atoms with van der Waals surface area (Å²) in [6.45, 7) is 1.81. The number of sulfone groups is 1. The molecule has 1 atom stereocenters. The van der Waals surface area contributed by atoms with Crippen LogP contribution in [0.3, 0.4) is 0 Å². The Labute approximate surface area is 151 Å². The third-order valence-electron chi connectivity index (χ3n) is 4.61. The van der Waals surface area contributed by atoms with Crippen molar-refractivity contribution in [3.05, 3.63) is 53.8 Å². The molecule has 0 saturated carbocycles. The summed E-state index contributed by atoms with van der Waals surface area (Å²) in [7, 11) is -3.67. The highest BCUT2D eigenvalue weighted by atomic mass is 35.5. The second-order valence-corrected chi connectivity index (χ2v) is 8.59. The molecule has 7 heteroatoms. The van der Waals surface area contributed by atoms with Gasteiger partial charge >= 0.3 is 0 Å². The molecule has 1 saturated heterocycles. The zero-order valence-corrected chi connectivity index (χ0v) is 15.1. The molecule has 1 unspecified atom stereocenters. The lowest BCUT2D eigenvalue weighted by atomic mass is 10.1. The quantitative estimate of drug-likeness (QED) is 0.761. The van der Waals surface area contributed by atoms with Crippen LogP contribution in [0.4, 0.5) is 0 Å². The van der Waals surface area contributed by atoms with E-state index in [4.69, 9.17) is 11.6 Å². The van der Waals surface area contributed by atoms with Crippen molar-refractivity contribution in [1.82, 2.24) is 14.9 Å². The lowest BCUT2D eigenvalue weighted by Gasteiger charge is -2.24. The molecule has 130 valence electrons. The molecule has 1 aliphatic rings. The summed E-state index contributed by atoms with van der Waals surface area (Å²) in [4.78, 5) is 4.93. The van der Waals surface area contributed by atoms with Gasteiger partial charge in [-0.15, -0.1) is 0 Å². The minimum Gasteiger partial charge on any atom is -0.327 e. The number of benzene rings is 1. The second kappa shape index (κ2) is 6.44. The van der Waals surface area contributed by atoms with E-state index in [1.165, 1.54) is 6.07 Å². The zero-order chi connectivity index (χ0) is 17.4. The number of nitrogens with one attached hydrogen (secondary N) is 1. The average Bonchev–Trinajstić information content (AvgIpc) is 3.03. The first-order valence-corrected chi connectivity index (χ1v) is 10.1. The number of piperidine rings is 1. The van der Waals surface area contributed by atoms with Crippen LogP contribution in [0.1, 0.15) is 18.9 Å². The van der Waals surface area contributed by atoms with Gasteiger partial charge in [0.25, 0.3) is 0 Å². The first-order chi connectivity index (χ1) is 12.1. The normalized spacial score (nSPS) is 18.5. The predicted octanol–water partition coefficient (Wildman–Crippen LogP) is 3.45. The Morgan fingerprint density at radius 2 is 2.12 bits per heavy atom. The van der Waals surface area contributed by atoms with Gasteiger partial charge in [0.2, 0.25) is 9.84 Å². The Hall–Kier alpha value is -1.89. The van der Waals surface area contributed by atoms with Crippen molar-refractivity contribution in [3.63, 3.8) is 0 Å². The van der Waals surface area contributed by atoms with Gasteiger partial charge in [0, 0.05) is 35.4 Å². The van der Waals surface area contributed by atoms with Crippen LogP contribution in [0.25, 0.3) is 11.0 Å². The van der Waals surface area contributed by atoms with Crippen LogP contribution in [0.15, 0.2) is 58.6 Å². The fraction of sp³-hybridized carbons (Fsp3) is 0.278. The van der Waals surface area contributed by atoms with E-state index >= 15 is 0 Å². The third kappa shape index (κ3) is 2.94. The Bertz CT molecular complexity index is 1020. The molecule has 0 radical (unpaired) electrons. The molecule has 3 heterocycles. The number of rotatable bonds is 3.